The smallest absolute Gasteiger partial charge is 0.288 e. The summed E-state index contributed by atoms with van der Waals surface area (Å²) < 4.78 is 37.3. The van der Waals surface area contributed by atoms with Gasteiger partial charge in [0.2, 0.25) is 0 Å². The summed E-state index contributed by atoms with van der Waals surface area (Å²) in [7, 11) is 0. The number of thioether (sulfide) groups is 1. The Morgan fingerprint density at radius 1 is 1.00 bits per heavy atom. The van der Waals surface area contributed by atoms with E-state index < -0.39 is 11.6 Å². The van der Waals surface area contributed by atoms with E-state index in [9.17, 15) is 18.3 Å². The average molecular weight is 270 g/mol. The first-order valence-electron chi connectivity index (χ1n) is 5.10. The zero-order valence-electron chi connectivity index (χ0n) is 9.11. The van der Waals surface area contributed by atoms with Crippen LogP contribution in [0.4, 0.5) is 13.2 Å². The Labute approximate surface area is 106 Å². The summed E-state index contributed by atoms with van der Waals surface area (Å²) in [4.78, 5) is 0.421. The van der Waals surface area contributed by atoms with Crippen molar-refractivity contribution in [2.75, 3.05) is 0 Å². The highest BCUT2D eigenvalue weighted by atomic mass is 32.2. The largest absolute Gasteiger partial charge is 0.507 e. The molecule has 0 radical (unpaired) electrons. The van der Waals surface area contributed by atoms with E-state index in [0.29, 0.717) is 27.8 Å². The number of benzene rings is 2. The lowest BCUT2D eigenvalue weighted by atomic mass is 10.0. The van der Waals surface area contributed by atoms with Crippen LogP contribution in [-0.2, 0) is 0 Å². The fourth-order valence-corrected chi connectivity index (χ4v) is 2.05. The minimum Gasteiger partial charge on any atom is -0.507 e. The number of rotatable bonds is 3. The molecule has 0 fully saturated rings. The minimum atomic E-state index is -2.47. The molecule has 0 aliphatic rings. The highest BCUT2D eigenvalue weighted by Crippen LogP contribution is 2.32. The van der Waals surface area contributed by atoms with Crippen molar-refractivity contribution in [2.45, 2.75) is 10.7 Å². The van der Waals surface area contributed by atoms with Gasteiger partial charge in [-0.2, -0.15) is 8.78 Å². The van der Waals surface area contributed by atoms with Gasteiger partial charge in [-0.05, 0) is 35.9 Å². The average Bonchev–Trinajstić information content (AvgIpc) is 2.33. The first-order valence-corrected chi connectivity index (χ1v) is 5.98. The summed E-state index contributed by atoms with van der Waals surface area (Å²) in [5.74, 6) is -2.99. The second-order valence-electron chi connectivity index (χ2n) is 3.56. The zero-order valence-corrected chi connectivity index (χ0v) is 9.92. The van der Waals surface area contributed by atoms with Crippen LogP contribution in [-0.4, -0.2) is 10.9 Å². The van der Waals surface area contributed by atoms with Gasteiger partial charge in [-0.25, -0.2) is 4.39 Å². The molecule has 0 aromatic heterocycles. The van der Waals surface area contributed by atoms with Gasteiger partial charge in [0.25, 0.3) is 5.76 Å². The Morgan fingerprint density at radius 3 is 2.28 bits per heavy atom. The zero-order chi connectivity index (χ0) is 13.1. The van der Waals surface area contributed by atoms with Gasteiger partial charge in [-0.15, -0.1) is 0 Å². The standard InChI is InChI=1S/C13H9F3OS/c14-9-3-6-12(17)11(7-9)8-1-4-10(5-2-8)18-13(15)16/h1-7,13,17H. The van der Waals surface area contributed by atoms with Crippen LogP contribution < -0.4 is 0 Å². The number of alkyl halides is 2. The van der Waals surface area contributed by atoms with E-state index in [0.717, 1.165) is 6.07 Å². The Bertz CT molecular complexity index is 540. The Balaban J connectivity index is 2.31. The van der Waals surface area contributed by atoms with Crippen molar-refractivity contribution >= 4 is 11.8 Å². The van der Waals surface area contributed by atoms with Crippen molar-refractivity contribution < 1.29 is 18.3 Å². The molecule has 0 aliphatic heterocycles. The molecule has 1 nitrogen and oxygen atoms in total. The van der Waals surface area contributed by atoms with Crippen molar-refractivity contribution in [1.29, 1.82) is 0 Å². The molecule has 0 atom stereocenters. The topological polar surface area (TPSA) is 20.2 Å². The van der Waals surface area contributed by atoms with Gasteiger partial charge >= 0.3 is 0 Å². The van der Waals surface area contributed by atoms with Crippen LogP contribution in [0.1, 0.15) is 0 Å². The van der Waals surface area contributed by atoms with Gasteiger partial charge in [0.05, 0.1) is 0 Å². The lowest BCUT2D eigenvalue weighted by molar-refractivity contribution is 0.252. The van der Waals surface area contributed by atoms with Crippen LogP contribution in [0.15, 0.2) is 47.4 Å². The number of hydrogen-bond donors (Lipinski definition) is 1. The quantitative estimate of drug-likeness (QED) is 0.828. The summed E-state index contributed by atoms with van der Waals surface area (Å²) in [6, 6.07) is 9.77. The van der Waals surface area contributed by atoms with E-state index in [4.69, 9.17) is 0 Å². The maximum absolute atomic E-state index is 13.1. The van der Waals surface area contributed by atoms with Crippen molar-refractivity contribution in [3.05, 3.63) is 48.3 Å². The van der Waals surface area contributed by atoms with Crippen LogP contribution >= 0.6 is 11.8 Å². The SMILES string of the molecule is Oc1ccc(F)cc1-c1ccc(SC(F)F)cc1. The molecular formula is C13H9F3OS. The molecule has 0 heterocycles. The summed E-state index contributed by atoms with van der Waals surface area (Å²) in [6.07, 6.45) is 0. The van der Waals surface area contributed by atoms with Gasteiger partial charge < -0.3 is 5.11 Å². The van der Waals surface area contributed by atoms with E-state index in [2.05, 4.69) is 0 Å². The normalized spacial score (nSPS) is 10.9. The molecule has 0 spiro atoms. The molecule has 1 N–H and O–H groups in total. The Hall–Kier alpha value is -1.62. The number of halogens is 3. The van der Waals surface area contributed by atoms with Gasteiger partial charge in [0.15, 0.2) is 0 Å². The van der Waals surface area contributed by atoms with Crippen LogP contribution in [0.2, 0.25) is 0 Å². The lowest BCUT2D eigenvalue weighted by Crippen LogP contribution is -1.84. The van der Waals surface area contributed by atoms with E-state index in [1.807, 2.05) is 0 Å². The summed E-state index contributed by atoms with van der Waals surface area (Å²) in [5, 5.41) is 9.61. The van der Waals surface area contributed by atoms with Gasteiger partial charge in [-0.3, -0.25) is 0 Å². The van der Waals surface area contributed by atoms with Crippen molar-refractivity contribution in [1.82, 2.24) is 0 Å². The maximum Gasteiger partial charge on any atom is 0.288 e. The van der Waals surface area contributed by atoms with Gasteiger partial charge in [-0.1, -0.05) is 23.9 Å². The molecule has 0 saturated heterocycles. The second-order valence-corrected chi connectivity index (χ2v) is 4.63. The molecule has 0 aliphatic carbocycles. The van der Waals surface area contributed by atoms with Crippen LogP contribution in [0.3, 0.4) is 0 Å². The van der Waals surface area contributed by atoms with E-state index in [1.165, 1.54) is 24.3 Å². The Kier molecular flexibility index (Phi) is 3.81. The predicted molar refractivity (Wildman–Crippen MR) is 65.4 cm³/mol. The molecule has 0 unspecified atom stereocenters. The number of phenols is 1. The van der Waals surface area contributed by atoms with Crippen LogP contribution in [0, 0.1) is 5.82 Å². The fraction of sp³-hybridized carbons (Fsp3) is 0.0769. The number of hydrogen-bond acceptors (Lipinski definition) is 2. The maximum atomic E-state index is 13.1. The molecule has 5 heteroatoms. The number of aromatic hydroxyl groups is 1. The highest BCUT2D eigenvalue weighted by molar-refractivity contribution is 7.99. The first kappa shape index (κ1) is 12.8. The van der Waals surface area contributed by atoms with Crippen molar-refractivity contribution in [2.24, 2.45) is 0 Å². The van der Waals surface area contributed by atoms with Gasteiger partial charge in [0.1, 0.15) is 11.6 Å². The molecular weight excluding hydrogens is 261 g/mol. The third-order valence-corrected chi connectivity index (χ3v) is 3.07. The summed E-state index contributed by atoms with van der Waals surface area (Å²) in [6.45, 7) is 0. The van der Waals surface area contributed by atoms with Crippen molar-refractivity contribution in [3.8, 4) is 16.9 Å². The first-order chi connectivity index (χ1) is 8.56. The predicted octanol–water partition coefficient (Wildman–Crippen LogP) is 4.51. The molecule has 0 bridgehead atoms. The van der Waals surface area contributed by atoms with Crippen molar-refractivity contribution in [3.63, 3.8) is 0 Å². The minimum absolute atomic E-state index is 0.0503. The number of phenolic OH excluding ortho intramolecular Hbond substituents is 1. The molecule has 18 heavy (non-hydrogen) atoms. The molecule has 2 rings (SSSR count). The monoisotopic (exact) mass is 270 g/mol. The van der Waals surface area contributed by atoms with Crippen LogP contribution in [0.25, 0.3) is 11.1 Å². The highest BCUT2D eigenvalue weighted by Gasteiger charge is 2.08. The van der Waals surface area contributed by atoms with E-state index in [1.54, 1.807) is 12.1 Å². The summed E-state index contributed by atoms with van der Waals surface area (Å²) in [5.41, 5.74) is 0.911. The molecule has 0 saturated carbocycles. The third-order valence-electron chi connectivity index (χ3n) is 2.35. The fourth-order valence-electron chi connectivity index (χ4n) is 1.56. The molecule has 0 amide bonds. The third kappa shape index (κ3) is 2.98. The van der Waals surface area contributed by atoms with Gasteiger partial charge in [0, 0.05) is 10.5 Å². The molecule has 2 aromatic carbocycles. The summed E-state index contributed by atoms with van der Waals surface area (Å²) >= 11 is 0.440. The van der Waals surface area contributed by atoms with E-state index in [-0.39, 0.29) is 5.75 Å². The molecule has 94 valence electrons. The Morgan fingerprint density at radius 2 is 1.67 bits per heavy atom. The lowest BCUT2D eigenvalue weighted by Gasteiger charge is -2.06. The second kappa shape index (κ2) is 5.35. The van der Waals surface area contributed by atoms with Crippen LogP contribution in [0.5, 0.6) is 5.75 Å². The molecule has 2 aromatic rings. The van der Waals surface area contributed by atoms with E-state index >= 15 is 0 Å².